The van der Waals surface area contributed by atoms with E-state index in [2.05, 4.69) is 11.1 Å². The Bertz CT molecular complexity index is 651. The van der Waals surface area contributed by atoms with Crippen molar-refractivity contribution in [2.24, 2.45) is 0 Å². The largest absolute Gasteiger partial charge is 0.399 e. The molecular formula is C18H20N2O. The van der Waals surface area contributed by atoms with Crippen molar-refractivity contribution < 1.29 is 4.79 Å². The monoisotopic (exact) mass is 280 g/mol. The second-order valence-electron chi connectivity index (χ2n) is 5.70. The molecule has 3 rings (SSSR count). The van der Waals surface area contributed by atoms with Gasteiger partial charge in [-0.15, -0.1) is 0 Å². The first-order chi connectivity index (χ1) is 10.2. The van der Waals surface area contributed by atoms with Crippen LogP contribution in [0.2, 0.25) is 0 Å². The van der Waals surface area contributed by atoms with Gasteiger partial charge in [-0.1, -0.05) is 18.2 Å². The molecule has 1 aliphatic carbocycles. The van der Waals surface area contributed by atoms with Crippen LogP contribution in [0.4, 0.5) is 5.69 Å². The highest BCUT2D eigenvalue weighted by molar-refractivity contribution is 5.86. The second-order valence-corrected chi connectivity index (χ2v) is 5.70. The van der Waals surface area contributed by atoms with E-state index < -0.39 is 0 Å². The number of aryl methyl sites for hydroxylation is 2. The third kappa shape index (κ3) is 3.13. The fraction of sp³-hybridized carbons (Fsp3) is 0.333. The lowest BCUT2D eigenvalue weighted by Crippen LogP contribution is -2.20. The van der Waals surface area contributed by atoms with Gasteiger partial charge in [0.2, 0.25) is 0 Å². The van der Waals surface area contributed by atoms with Crippen molar-refractivity contribution in [3.63, 3.8) is 0 Å². The van der Waals surface area contributed by atoms with E-state index in [9.17, 15) is 4.79 Å². The Hall–Kier alpha value is -2.16. The van der Waals surface area contributed by atoms with Crippen LogP contribution in [0.15, 0.2) is 42.6 Å². The van der Waals surface area contributed by atoms with Gasteiger partial charge in [-0.2, -0.15) is 0 Å². The van der Waals surface area contributed by atoms with Gasteiger partial charge in [0.15, 0.2) is 0 Å². The molecule has 2 N–H and O–H groups in total. The van der Waals surface area contributed by atoms with Crippen LogP contribution in [0.1, 0.15) is 42.0 Å². The van der Waals surface area contributed by atoms with Crippen molar-refractivity contribution in [2.75, 3.05) is 5.73 Å². The van der Waals surface area contributed by atoms with Crippen molar-refractivity contribution in [2.45, 2.75) is 38.0 Å². The molecule has 1 aliphatic rings. The maximum Gasteiger partial charge on any atom is 0.142 e. The van der Waals surface area contributed by atoms with Crippen molar-refractivity contribution in [1.29, 1.82) is 0 Å². The van der Waals surface area contributed by atoms with Crippen LogP contribution in [-0.4, -0.2) is 10.8 Å². The van der Waals surface area contributed by atoms with Crippen molar-refractivity contribution >= 4 is 11.5 Å². The predicted molar refractivity (Wildman–Crippen MR) is 84.1 cm³/mol. The molecule has 0 amide bonds. The molecule has 2 aromatic rings. The number of nitrogens with two attached hydrogens (primary N) is 1. The molecule has 0 saturated heterocycles. The minimum Gasteiger partial charge on any atom is -0.399 e. The number of rotatable bonds is 4. The number of ketones is 1. The molecule has 3 nitrogen and oxygen atoms in total. The zero-order valence-electron chi connectivity index (χ0n) is 12.1. The molecule has 0 radical (unpaired) electrons. The third-order valence-corrected chi connectivity index (χ3v) is 4.19. The zero-order valence-corrected chi connectivity index (χ0v) is 12.1. The minimum atomic E-state index is -0.0176. The van der Waals surface area contributed by atoms with Crippen molar-refractivity contribution in [3.8, 4) is 0 Å². The molecule has 1 heterocycles. The zero-order chi connectivity index (χ0) is 14.7. The number of carbonyl (C=O) groups is 1. The number of carbonyl (C=O) groups excluding carboxylic acids is 1. The van der Waals surface area contributed by atoms with E-state index in [-0.39, 0.29) is 5.92 Å². The van der Waals surface area contributed by atoms with Gasteiger partial charge in [-0.25, -0.2) is 0 Å². The molecular weight excluding hydrogens is 260 g/mol. The molecule has 1 aromatic carbocycles. The van der Waals surface area contributed by atoms with E-state index in [1.807, 2.05) is 30.3 Å². The molecule has 0 aliphatic heterocycles. The van der Waals surface area contributed by atoms with Gasteiger partial charge in [-0.3, -0.25) is 9.78 Å². The van der Waals surface area contributed by atoms with Crippen molar-refractivity contribution in [3.05, 3.63) is 59.4 Å². The molecule has 0 saturated carbocycles. The van der Waals surface area contributed by atoms with Crippen LogP contribution in [-0.2, 0) is 17.6 Å². The van der Waals surface area contributed by atoms with Crippen molar-refractivity contribution in [1.82, 2.24) is 4.98 Å². The van der Waals surface area contributed by atoms with Gasteiger partial charge in [0, 0.05) is 18.3 Å². The minimum absolute atomic E-state index is 0.0176. The number of hydrogen-bond acceptors (Lipinski definition) is 3. The molecule has 0 spiro atoms. The van der Waals surface area contributed by atoms with E-state index in [1.54, 1.807) is 6.20 Å². The van der Waals surface area contributed by atoms with E-state index in [1.165, 1.54) is 5.56 Å². The Morgan fingerprint density at radius 3 is 3.05 bits per heavy atom. The van der Waals surface area contributed by atoms with Gasteiger partial charge in [0.1, 0.15) is 5.78 Å². The van der Waals surface area contributed by atoms with E-state index in [0.717, 1.165) is 42.6 Å². The lowest BCUT2D eigenvalue weighted by Gasteiger charge is -2.23. The number of nitrogen functional groups attached to an aromatic ring is 1. The summed E-state index contributed by atoms with van der Waals surface area (Å²) in [4.78, 5) is 17.0. The first-order valence-corrected chi connectivity index (χ1v) is 7.55. The highest BCUT2D eigenvalue weighted by Gasteiger charge is 2.26. The number of pyridine rings is 1. The Morgan fingerprint density at radius 1 is 1.29 bits per heavy atom. The predicted octanol–water partition coefficient (Wildman–Crippen LogP) is 3.29. The summed E-state index contributed by atoms with van der Waals surface area (Å²) in [5.41, 5.74) is 9.90. The Kier molecular flexibility index (Phi) is 4.00. The highest BCUT2D eigenvalue weighted by atomic mass is 16.1. The van der Waals surface area contributed by atoms with Gasteiger partial charge in [0.05, 0.1) is 11.6 Å². The fourth-order valence-corrected chi connectivity index (χ4v) is 3.11. The van der Waals surface area contributed by atoms with E-state index >= 15 is 0 Å². The van der Waals surface area contributed by atoms with E-state index in [4.69, 9.17) is 5.73 Å². The molecule has 1 unspecified atom stereocenters. The summed E-state index contributed by atoms with van der Waals surface area (Å²) in [7, 11) is 0. The average molecular weight is 280 g/mol. The quantitative estimate of drug-likeness (QED) is 0.874. The summed E-state index contributed by atoms with van der Waals surface area (Å²) in [6.45, 7) is 0. The van der Waals surface area contributed by atoms with E-state index in [0.29, 0.717) is 12.2 Å². The summed E-state index contributed by atoms with van der Waals surface area (Å²) in [5, 5.41) is 0. The number of Topliss-reactive ketones (excluding diaryl/α,β-unsaturated/α-hetero) is 1. The number of nitrogens with zero attached hydrogens (tertiary/aromatic N) is 1. The molecule has 0 bridgehead atoms. The Labute approximate surface area is 125 Å². The first kappa shape index (κ1) is 13.8. The topological polar surface area (TPSA) is 56.0 Å². The van der Waals surface area contributed by atoms with Gasteiger partial charge < -0.3 is 5.73 Å². The maximum atomic E-state index is 12.5. The SMILES string of the molecule is Nc1cccc(CCC(=O)C2CCCc3cccnc32)c1. The third-order valence-electron chi connectivity index (χ3n) is 4.19. The van der Waals surface area contributed by atoms with Gasteiger partial charge in [-0.05, 0) is 55.0 Å². The molecule has 21 heavy (non-hydrogen) atoms. The Morgan fingerprint density at radius 2 is 2.19 bits per heavy atom. The number of fused-ring (bicyclic) bond motifs is 1. The highest BCUT2D eigenvalue weighted by Crippen LogP contribution is 2.31. The summed E-state index contributed by atoms with van der Waals surface area (Å²) < 4.78 is 0. The summed E-state index contributed by atoms with van der Waals surface area (Å²) in [5.74, 6) is 0.285. The number of hydrogen-bond donors (Lipinski definition) is 1. The molecule has 1 aromatic heterocycles. The molecule has 3 heteroatoms. The normalized spacial score (nSPS) is 17.2. The average Bonchev–Trinajstić information content (AvgIpc) is 2.52. The maximum absolute atomic E-state index is 12.5. The van der Waals surface area contributed by atoms with Crippen LogP contribution in [0, 0.1) is 0 Å². The summed E-state index contributed by atoms with van der Waals surface area (Å²) in [6, 6.07) is 11.8. The lowest BCUT2D eigenvalue weighted by molar-refractivity contribution is -0.120. The first-order valence-electron chi connectivity index (χ1n) is 7.55. The van der Waals surface area contributed by atoms with Gasteiger partial charge in [0.25, 0.3) is 0 Å². The van der Waals surface area contributed by atoms with Crippen LogP contribution < -0.4 is 5.73 Å². The van der Waals surface area contributed by atoms with Crippen LogP contribution >= 0.6 is 0 Å². The summed E-state index contributed by atoms with van der Waals surface area (Å²) in [6.07, 6.45) is 6.16. The number of aromatic nitrogens is 1. The van der Waals surface area contributed by atoms with Crippen LogP contribution in [0.3, 0.4) is 0 Å². The molecule has 1 atom stereocenters. The number of benzene rings is 1. The fourth-order valence-electron chi connectivity index (χ4n) is 3.11. The smallest absolute Gasteiger partial charge is 0.142 e. The molecule has 108 valence electrons. The number of anilines is 1. The Balaban J connectivity index is 1.69. The summed E-state index contributed by atoms with van der Waals surface area (Å²) >= 11 is 0. The lowest BCUT2D eigenvalue weighted by atomic mass is 9.82. The molecule has 0 fully saturated rings. The van der Waals surface area contributed by atoms with Gasteiger partial charge >= 0.3 is 0 Å². The van der Waals surface area contributed by atoms with Crippen LogP contribution in [0.5, 0.6) is 0 Å². The standard InChI is InChI=1S/C18H20N2O/c19-15-7-1-4-13(12-15)9-10-17(21)16-8-2-5-14-6-3-11-20-18(14)16/h1,3-4,6-7,11-12,16H,2,5,8-10,19H2. The van der Waals surface area contributed by atoms with Crippen LogP contribution in [0.25, 0.3) is 0 Å². The second kappa shape index (κ2) is 6.08.